The molecule has 0 fully saturated rings. The number of carbonyl (C=O) groups is 3. The molecule has 170 valence electrons. The second-order valence-electron chi connectivity index (χ2n) is 7.13. The van der Waals surface area contributed by atoms with Crippen LogP contribution in [0.4, 0.5) is 0 Å². The highest BCUT2D eigenvalue weighted by atomic mass is 16.5. The van der Waals surface area contributed by atoms with Crippen molar-refractivity contribution >= 4 is 17.7 Å². The molecule has 0 spiro atoms. The van der Waals surface area contributed by atoms with Crippen LogP contribution in [0.2, 0.25) is 0 Å². The van der Waals surface area contributed by atoms with Crippen LogP contribution in [0.5, 0.6) is 11.5 Å². The summed E-state index contributed by atoms with van der Waals surface area (Å²) in [4.78, 5) is 38.1. The van der Waals surface area contributed by atoms with Gasteiger partial charge in [0.2, 0.25) is 0 Å². The van der Waals surface area contributed by atoms with Gasteiger partial charge in [-0.1, -0.05) is 48.5 Å². The third kappa shape index (κ3) is 6.57. The molecule has 1 unspecified atom stereocenters. The van der Waals surface area contributed by atoms with Crippen molar-refractivity contribution < 1.29 is 23.9 Å². The SMILES string of the molecule is COc1cc(OC)cc(C(=O)NNC(=O)C(Cc2ccccc2)NC(=O)c2ccccc2)c1. The standard InChI is InChI=1S/C25H25N3O5/c1-32-20-14-19(15-21(16-20)33-2)24(30)27-28-25(31)22(13-17-9-5-3-6-10-17)26-23(29)18-11-7-4-8-12-18/h3-12,14-16,22H,13H2,1-2H3,(H,26,29)(H,27,30)(H,28,31). The number of benzene rings is 3. The quantitative estimate of drug-likeness (QED) is 0.460. The van der Waals surface area contributed by atoms with Crippen molar-refractivity contribution in [3.63, 3.8) is 0 Å². The highest BCUT2D eigenvalue weighted by Gasteiger charge is 2.23. The van der Waals surface area contributed by atoms with Crippen LogP contribution >= 0.6 is 0 Å². The minimum absolute atomic E-state index is 0.236. The van der Waals surface area contributed by atoms with E-state index in [2.05, 4.69) is 16.2 Å². The summed E-state index contributed by atoms with van der Waals surface area (Å²) in [6.07, 6.45) is 0.244. The van der Waals surface area contributed by atoms with E-state index in [9.17, 15) is 14.4 Å². The Hall–Kier alpha value is -4.33. The highest BCUT2D eigenvalue weighted by Crippen LogP contribution is 2.22. The third-order valence-corrected chi connectivity index (χ3v) is 4.85. The van der Waals surface area contributed by atoms with Crippen molar-refractivity contribution in [3.05, 3.63) is 95.6 Å². The number of nitrogens with one attached hydrogen (secondary N) is 3. The van der Waals surface area contributed by atoms with Gasteiger partial charge in [-0.25, -0.2) is 0 Å². The van der Waals surface area contributed by atoms with Gasteiger partial charge >= 0.3 is 0 Å². The molecule has 0 aliphatic rings. The number of carbonyl (C=O) groups excluding carboxylic acids is 3. The minimum atomic E-state index is -0.916. The van der Waals surface area contributed by atoms with Crippen LogP contribution in [0.1, 0.15) is 26.3 Å². The van der Waals surface area contributed by atoms with E-state index in [1.165, 1.54) is 26.4 Å². The molecule has 0 aliphatic carbocycles. The molecular formula is C25H25N3O5. The van der Waals surface area contributed by atoms with Crippen molar-refractivity contribution in [2.75, 3.05) is 14.2 Å². The van der Waals surface area contributed by atoms with Crippen molar-refractivity contribution in [3.8, 4) is 11.5 Å². The molecule has 0 saturated carbocycles. The zero-order valence-electron chi connectivity index (χ0n) is 18.3. The first-order valence-electron chi connectivity index (χ1n) is 10.2. The fourth-order valence-corrected chi connectivity index (χ4v) is 3.11. The van der Waals surface area contributed by atoms with Gasteiger partial charge in [0.15, 0.2) is 0 Å². The van der Waals surface area contributed by atoms with E-state index in [1.54, 1.807) is 36.4 Å². The number of rotatable bonds is 8. The van der Waals surface area contributed by atoms with Gasteiger partial charge in [0.25, 0.3) is 17.7 Å². The van der Waals surface area contributed by atoms with Crippen LogP contribution in [0.25, 0.3) is 0 Å². The van der Waals surface area contributed by atoms with Crippen LogP contribution in [-0.4, -0.2) is 38.0 Å². The van der Waals surface area contributed by atoms with Crippen LogP contribution in [0, 0.1) is 0 Å². The first kappa shape index (κ1) is 23.3. The maximum Gasteiger partial charge on any atom is 0.269 e. The van der Waals surface area contributed by atoms with E-state index in [-0.39, 0.29) is 12.0 Å². The Labute approximate surface area is 191 Å². The Morgan fingerprint density at radius 1 is 0.727 bits per heavy atom. The van der Waals surface area contributed by atoms with E-state index in [1.807, 2.05) is 30.3 Å². The summed E-state index contributed by atoms with van der Waals surface area (Å²) in [5.74, 6) is -0.652. The molecule has 0 bridgehead atoms. The van der Waals surface area contributed by atoms with E-state index in [4.69, 9.17) is 9.47 Å². The maximum atomic E-state index is 12.9. The topological polar surface area (TPSA) is 106 Å². The van der Waals surface area contributed by atoms with Gasteiger partial charge in [-0.15, -0.1) is 0 Å². The van der Waals surface area contributed by atoms with Gasteiger partial charge in [0, 0.05) is 23.6 Å². The van der Waals surface area contributed by atoms with Crippen LogP contribution < -0.4 is 25.6 Å². The molecule has 8 heteroatoms. The smallest absolute Gasteiger partial charge is 0.269 e. The molecule has 3 aromatic rings. The fourth-order valence-electron chi connectivity index (χ4n) is 3.11. The number of hydrogen-bond acceptors (Lipinski definition) is 5. The Balaban J connectivity index is 1.71. The maximum absolute atomic E-state index is 12.9. The van der Waals surface area contributed by atoms with Crippen LogP contribution in [0.15, 0.2) is 78.9 Å². The molecule has 3 amide bonds. The molecule has 0 saturated heterocycles. The largest absolute Gasteiger partial charge is 0.497 e. The second-order valence-corrected chi connectivity index (χ2v) is 7.13. The molecule has 0 aromatic heterocycles. The minimum Gasteiger partial charge on any atom is -0.497 e. The summed E-state index contributed by atoms with van der Waals surface area (Å²) >= 11 is 0. The molecule has 3 rings (SSSR count). The summed E-state index contributed by atoms with van der Waals surface area (Å²) in [5, 5.41) is 2.74. The molecule has 0 radical (unpaired) electrons. The lowest BCUT2D eigenvalue weighted by Crippen LogP contribution is -2.53. The van der Waals surface area contributed by atoms with Crippen molar-refractivity contribution in [1.29, 1.82) is 0 Å². The second kappa shape index (κ2) is 11.3. The first-order valence-corrected chi connectivity index (χ1v) is 10.2. The van der Waals surface area contributed by atoms with E-state index in [0.29, 0.717) is 17.1 Å². The molecule has 3 aromatic carbocycles. The van der Waals surface area contributed by atoms with Crippen molar-refractivity contribution in [1.82, 2.24) is 16.2 Å². The molecule has 1 atom stereocenters. The molecule has 0 heterocycles. The lowest BCUT2D eigenvalue weighted by Gasteiger charge is -2.19. The average Bonchev–Trinajstić information content (AvgIpc) is 2.87. The van der Waals surface area contributed by atoms with Gasteiger partial charge < -0.3 is 14.8 Å². The normalized spacial score (nSPS) is 11.1. The zero-order valence-corrected chi connectivity index (χ0v) is 18.3. The number of hydrogen-bond donors (Lipinski definition) is 3. The molecule has 3 N–H and O–H groups in total. The van der Waals surface area contributed by atoms with Gasteiger partial charge in [0.1, 0.15) is 17.5 Å². The van der Waals surface area contributed by atoms with Gasteiger partial charge in [0.05, 0.1) is 14.2 Å². The van der Waals surface area contributed by atoms with Gasteiger partial charge in [-0.05, 0) is 29.8 Å². The predicted molar refractivity (Wildman–Crippen MR) is 123 cm³/mol. The summed E-state index contributed by atoms with van der Waals surface area (Å²) < 4.78 is 10.3. The lowest BCUT2D eigenvalue weighted by molar-refractivity contribution is -0.123. The van der Waals surface area contributed by atoms with Gasteiger partial charge in [-0.3, -0.25) is 25.2 Å². The monoisotopic (exact) mass is 447 g/mol. The average molecular weight is 447 g/mol. The summed E-state index contributed by atoms with van der Waals surface area (Å²) in [5.41, 5.74) is 6.30. The highest BCUT2D eigenvalue weighted by molar-refractivity contribution is 5.99. The van der Waals surface area contributed by atoms with Crippen LogP contribution in [-0.2, 0) is 11.2 Å². The molecule has 8 nitrogen and oxygen atoms in total. The Bertz CT molecular complexity index is 1080. The van der Waals surface area contributed by atoms with Gasteiger partial charge in [-0.2, -0.15) is 0 Å². The summed E-state index contributed by atoms with van der Waals surface area (Å²) in [6.45, 7) is 0. The van der Waals surface area contributed by atoms with E-state index >= 15 is 0 Å². The molecule has 33 heavy (non-hydrogen) atoms. The first-order chi connectivity index (χ1) is 16.0. The van der Waals surface area contributed by atoms with Crippen LogP contribution in [0.3, 0.4) is 0 Å². The fraction of sp³-hybridized carbons (Fsp3) is 0.160. The molecule has 0 aliphatic heterocycles. The number of hydrazine groups is 1. The van der Waals surface area contributed by atoms with Crippen molar-refractivity contribution in [2.24, 2.45) is 0 Å². The number of amides is 3. The Morgan fingerprint density at radius 3 is 1.88 bits per heavy atom. The summed E-state index contributed by atoms with van der Waals surface area (Å²) in [7, 11) is 2.95. The Morgan fingerprint density at radius 2 is 1.30 bits per heavy atom. The number of ether oxygens (including phenoxy) is 2. The predicted octanol–water partition coefficient (Wildman–Crippen LogP) is 2.51. The molecular weight excluding hydrogens is 422 g/mol. The lowest BCUT2D eigenvalue weighted by atomic mass is 10.0. The van der Waals surface area contributed by atoms with Crippen molar-refractivity contribution in [2.45, 2.75) is 12.5 Å². The zero-order chi connectivity index (χ0) is 23.6. The third-order valence-electron chi connectivity index (χ3n) is 4.85. The number of methoxy groups -OCH3 is 2. The van der Waals surface area contributed by atoms with E-state index in [0.717, 1.165) is 5.56 Å². The summed E-state index contributed by atoms with van der Waals surface area (Å²) in [6, 6.07) is 21.6. The van der Waals surface area contributed by atoms with E-state index < -0.39 is 23.8 Å². The Kier molecular flexibility index (Phi) is 8.02.